The molecule has 0 saturated carbocycles. The second-order valence-corrected chi connectivity index (χ2v) is 4.50. The van der Waals surface area contributed by atoms with Gasteiger partial charge in [-0.15, -0.1) is 23.7 Å². The number of halogens is 3. The molecule has 0 fully saturated rings. The van der Waals surface area contributed by atoms with Gasteiger partial charge in [-0.1, -0.05) is 0 Å². The van der Waals surface area contributed by atoms with Gasteiger partial charge in [0, 0.05) is 39.1 Å². The van der Waals surface area contributed by atoms with Crippen LogP contribution in [-0.2, 0) is 37.5 Å². The molecule has 0 unspecified atom stereocenters. The molecular formula is C15H15F3NO2Y-. The number of ether oxygens (including phenoxy) is 1. The number of carbonyl (C=O) groups excluding carboxylic acids is 1. The predicted molar refractivity (Wildman–Crippen MR) is 71.2 cm³/mol. The second-order valence-electron chi connectivity index (χ2n) is 4.50. The number of hydrogen-bond acceptors (Lipinski definition) is 2. The van der Waals surface area contributed by atoms with E-state index in [1.807, 2.05) is 0 Å². The molecule has 1 aliphatic heterocycles. The summed E-state index contributed by atoms with van der Waals surface area (Å²) in [7, 11) is 0. The average molecular weight is 387 g/mol. The van der Waals surface area contributed by atoms with Gasteiger partial charge in [-0.05, 0) is 19.1 Å². The summed E-state index contributed by atoms with van der Waals surface area (Å²) in [6, 6.07) is 4.13. The van der Waals surface area contributed by atoms with Crippen LogP contribution in [0.2, 0.25) is 0 Å². The van der Waals surface area contributed by atoms with E-state index < -0.39 is 24.7 Å². The molecule has 1 aliphatic rings. The van der Waals surface area contributed by atoms with Gasteiger partial charge in [0.25, 0.3) is 6.43 Å². The van der Waals surface area contributed by atoms with Crippen molar-refractivity contribution in [2.45, 2.75) is 26.2 Å². The Morgan fingerprint density at radius 1 is 1.41 bits per heavy atom. The van der Waals surface area contributed by atoms with E-state index in [0.717, 1.165) is 4.90 Å². The SMILES string of the molecule is CCOc1ccc(C2=[C-]CCC(=O)N2CC(F)F)c(F)c1.[Y]. The zero-order valence-corrected chi connectivity index (χ0v) is 15.0. The Hall–Kier alpha value is -0.876. The molecule has 22 heavy (non-hydrogen) atoms. The summed E-state index contributed by atoms with van der Waals surface area (Å²) in [4.78, 5) is 12.7. The molecule has 0 bridgehead atoms. The van der Waals surface area contributed by atoms with Gasteiger partial charge in [0.1, 0.15) is 5.75 Å². The zero-order valence-electron chi connectivity index (χ0n) is 12.1. The molecule has 3 nitrogen and oxygen atoms in total. The fourth-order valence-electron chi connectivity index (χ4n) is 2.16. The van der Waals surface area contributed by atoms with E-state index in [4.69, 9.17) is 4.74 Å². The van der Waals surface area contributed by atoms with Gasteiger partial charge in [-0.25, -0.2) is 19.2 Å². The van der Waals surface area contributed by atoms with Crippen LogP contribution in [0.1, 0.15) is 25.3 Å². The maximum absolute atomic E-state index is 14.1. The van der Waals surface area contributed by atoms with E-state index >= 15 is 0 Å². The fourth-order valence-corrected chi connectivity index (χ4v) is 2.16. The van der Waals surface area contributed by atoms with E-state index in [1.165, 1.54) is 18.2 Å². The topological polar surface area (TPSA) is 29.5 Å². The molecule has 1 heterocycles. The summed E-state index contributed by atoms with van der Waals surface area (Å²) in [5.41, 5.74) is 0.152. The van der Waals surface area contributed by atoms with Crippen molar-refractivity contribution in [1.82, 2.24) is 4.90 Å². The number of carbonyl (C=O) groups is 1. The van der Waals surface area contributed by atoms with Crippen LogP contribution < -0.4 is 4.74 Å². The minimum atomic E-state index is -2.69. The van der Waals surface area contributed by atoms with Crippen LogP contribution in [0, 0.1) is 11.9 Å². The van der Waals surface area contributed by atoms with E-state index in [9.17, 15) is 18.0 Å². The maximum Gasteiger partial charge on any atom is 0.256 e. The van der Waals surface area contributed by atoms with Gasteiger partial charge < -0.3 is 9.64 Å². The molecule has 0 N–H and O–H groups in total. The number of alkyl halides is 2. The molecule has 1 amide bonds. The molecule has 0 aliphatic carbocycles. The Balaban J connectivity index is 0.00000242. The number of allylic oxidation sites excluding steroid dienone is 1. The standard InChI is InChI=1S/C15H15F3NO2.Y/c1-2-21-10-6-7-11(12(16)8-10)13-4-3-5-15(20)19(13)9-14(17)18;/h6-8,14H,2-3,5,9H2,1H3;/q-1;. The average Bonchev–Trinajstić information content (AvgIpc) is 2.42. The van der Waals surface area contributed by atoms with Crippen LogP contribution in [0.25, 0.3) is 5.70 Å². The quantitative estimate of drug-likeness (QED) is 0.727. The Labute approximate surface area is 152 Å². The third-order valence-corrected chi connectivity index (χ3v) is 3.03. The first-order valence-corrected chi connectivity index (χ1v) is 6.65. The number of rotatable bonds is 5. The Bertz CT molecular complexity index is 564. The van der Waals surface area contributed by atoms with Gasteiger partial charge in [-0.2, -0.15) is 0 Å². The fraction of sp³-hybridized carbons (Fsp3) is 0.400. The minimum Gasteiger partial charge on any atom is -0.494 e. The first kappa shape index (κ1) is 19.2. The number of benzene rings is 1. The number of amides is 1. The number of hydrogen-bond donors (Lipinski definition) is 0. The minimum absolute atomic E-state index is 0. The van der Waals surface area contributed by atoms with E-state index in [-0.39, 0.29) is 50.4 Å². The zero-order chi connectivity index (χ0) is 15.4. The molecule has 0 saturated heterocycles. The normalized spacial score (nSPS) is 14.7. The van der Waals surface area contributed by atoms with Crippen molar-refractivity contribution >= 4 is 11.6 Å². The molecule has 1 radical (unpaired) electrons. The molecule has 1 aromatic rings. The van der Waals surface area contributed by atoms with Crippen molar-refractivity contribution < 1.29 is 55.4 Å². The van der Waals surface area contributed by atoms with Crippen LogP contribution in [0.15, 0.2) is 18.2 Å². The van der Waals surface area contributed by atoms with Crippen molar-refractivity contribution in [1.29, 1.82) is 0 Å². The molecule has 0 aromatic heterocycles. The van der Waals surface area contributed by atoms with Gasteiger partial charge in [0.15, 0.2) is 0 Å². The largest absolute Gasteiger partial charge is 0.494 e. The van der Waals surface area contributed by atoms with Crippen molar-refractivity contribution in [3.05, 3.63) is 35.7 Å². The third kappa shape index (κ3) is 4.56. The van der Waals surface area contributed by atoms with E-state index in [1.54, 1.807) is 6.92 Å². The van der Waals surface area contributed by atoms with Gasteiger partial charge in [0.2, 0.25) is 5.91 Å². The molecule has 2 rings (SSSR count). The first-order chi connectivity index (χ1) is 10.0. The van der Waals surface area contributed by atoms with Crippen molar-refractivity contribution in [2.75, 3.05) is 13.2 Å². The summed E-state index contributed by atoms with van der Waals surface area (Å²) in [5.74, 6) is -0.725. The van der Waals surface area contributed by atoms with Gasteiger partial charge in [-0.3, -0.25) is 4.79 Å². The molecule has 0 atom stereocenters. The van der Waals surface area contributed by atoms with Crippen molar-refractivity contribution in [2.24, 2.45) is 0 Å². The van der Waals surface area contributed by atoms with Crippen LogP contribution in [0.4, 0.5) is 13.2 Å². The summed E-state index contributed by atoms with van der Waals surface area (Å²) >= 11 is 0. The molecule has 7 heteroatoms. The Morgan fingerprint density at radius 3 is 2.73 bits per heavy atom. The Kier molecular flexibility index (Phi) is 7.56. The summed E-state index contributed by atoms with van der Waals surface area (Å²) in [5, 5.41) is 0. The second kappa shape index (κ2) is 8.68. The Morgan fingerprint density at radius 2 is 2.14 bits per heavy atom. The molecule has 0 spiro atoms. The van der Waals surface area contributed by atoms with Crippen LogP contribution in [-0.4, -0.2) is 30.4 Å². The van der Waals surface area contributed by atoms with Crippen LogP contribution in [0.5, 0.6) is 5.75 Å². The van der Waals surface area contributed by atoms with Crippen molar-refractivity contribution in [3.8, 4) is 5.75 Å². The molecule has 117 valence electrons. The maximum atomic E-state index is 14.1. The van der Waals surface area contributed by atoms with E-state index in [0.29, 0.717) is 18.8 Å². The first-order valence-electron chi connectivity index (χ1n) is 6.65. The van der Waals surface area contributed by atoms with Crippen LogP contribution >= 0.6 is 0 Å². The number of nitrogens with zero attached hydrogens (tertiary/aromatic N) is 1. The summed E-state index contributed by atoms with van der Waals surface area (Å²) < 4.78 is 44.5. The predicted octanol–water partition coefficient (Wildman–Crippen LogP) is 3.25. The van der Waals surface area contributed by atoms with Crippen LogP contribution in [0.3, 0.4) is 0 Å². The molecule has 1 aromatic carbocycles. The smallest absolute Gasteiger partial charge is 0.256 e. The summed E-state index contributed by atoms with van der Waals surface area (Å²) in [6.07, 6.45) is 0.534. The van der Waals surface area contributed by atoms with Gasteiger partial charge in [0.05, 0.1) is 19.0 Å². The summed E-state index contributed by atoms with van der Waals surface area (Å²) in [6.45, 7) is 1.41. The molecular weight excluding hydrogens is 372 g/mol. The van der Waals surface area contributed by atoms with E-state index in [2.05, 4.69) is 6.08 Å². The third-order valence-electron chi connectivity index (χ3n) is 3.03. The van der Waals surface area contributed by atoms with Gasteiger partial charge >= 0.3 is 0 Å². The monoisotopic (exact) mass is 387 g/mol. The van der Waals surface area contributed by atoms with Crippen molar-refractivity contribution in [3.63, 3.8) is 0 Å².